The van der Waals surface area contributed by atoms with Crippen molar-refractivity contribution in [2.75, 3.05) is 50.3 Å². The molecular weight excluding hydrogens is 1120 g/mol. The number of aliphatic hydroxyl groups is 3. The van der Waals surface area contributed by atoms with Gasteiger partial charge in [-0.3, -0.25) is 4.79 Å². The Bertz CT molecular complexity index is 2910. The standard InChI is InChI=1S/C36H57NO5S.C27H45NO2.C8H12N2O2S/c1-7-28-32-21-25(38)16-18-36(32,4)31-17-19-35(3)29(14-15-30(35)33(31)34(28)40)23(2)10-8-12-26(39)22-43(41,42)27-13-9-11-24(20-27)37(5)6;1-6-19-23-15-17(2)9-12-27(23,5)22-10-13-26(4)20(18(3)11-14-28-16-29)7-8-21(26)24(22)25(19)30;1-10(2)7-4-3-5-8(6-7)13(9,11)12/h9,11,13,20,23,25,28-34,38,40H,7-8,10,12,14-19,21-22H2,1-6H3;17-25,30H,6-15H2,1-5H3;3-6H,1-2H3,(H2,9,11,12)/t23-,25-,28-,29-,30+,31+,32+,33+,34-,35-,36-;17-,18-,19-,20-,21+,22+,23+,24+,25-,26-,27-;/m11./s1. The Hall–Kier alpha value is -3.17. The SMILES string of the molecule is CC[C@H]1[C@@H](O)[C@@H]2[C@H](CC[C@]3(C)[C@@H]([C@H](C)CCCC(=O)CS(=O)(=O)c4cccc(N(C)C)c4)CC[C@@H]23)[C@@]2(C)CC[C@@H](O)C[C@@H]12.CC[C@H]1[C@@H](O)[C@@H]2[C@H](CC[C@]3(C)[C@@H]([C@H](C)CCN=C=O)CC[C@@H]23)[C@@]2(C)CC[C@@H](C)C[C@@H]12.CN(C)c1cccc(S(N)(=O)=O)c1. The van der Waals surface area contributed by atoms with Gasteiger partial charge in [-0.15, -0.1) is 0 Å². The van der Waals surface area contributed by atoms with Gasteiger partial charge in [0.2, 0.25) is 16.1 Å². The summed E-state index contributed by atoms with van der Waals surface area (Å²) in [7, 11) is 0.163. The van der Waals surface area contributed by atoms with Gasteiger partial charge in [0.15, 0.2) is 9.84 Å². The molecule has 2 aromatic rings. The number of sulfonamides is 1. The predicted octanol–water partition coefficient (Wildman–Crippen LogP) is 13.2. The number of hydrogen-bond acceptors (Lipinski definition) is 12. The largest absolute Gasteiger partial charge is 0.393 e. The number of primary sulfonamides is 1. The molecule has 5 N–H and O–H groups in total. The molecule has 8 fully saturated rings. The Morgan fingerprint density at radius 1 is 0.640 bits per heavy atom. The number of carbonyl (C=O) groups is 1. The van der Waals surface area contributed by atoms with Crippen molar-refractivity contribution in [3.8, 4) is 0 Å². The minimum absolute atomic E-state index is 0.110. The fraction of sp³-hybridized carbons (Fsp3) is 0.803. The lowest BCUT2D eigenvalue weighted by Crippen LogP contribution is -2.62. The van der Waals surface area contributed by atoms with Crippen LogP contribution in [-0.4, -0.2) is 103 Å². The zero-order valence-corrected chi connectivity index (χ0v) is 56.7. The van der Waals surface area contributed by atoms with Crippen LogP contribution in [0.1, 0.15) is 191 Å². The molecule has 0 unspecified atom stereocenters. The lowest BCUT2D eigenvalue weighted by molar-refractivity contribution is -0.203. The molecule has 0 saturated heterocycles. The molecule has 86 heavy (non-hydrogen) atoms. The highest BCUT2D eigenvalue weighted by Crippen LogP contribution is 2.72. The van der Waals surface area contributed by atoms with Crippen molar-refractivity contribution in [2.24, 2.45) is 121 Å². The second-order valence-electron chi connectivity index (χ2n) is 30.9. The number of Topliss-reactive ketones (excluding diaryl/α,β-unsaturated/α-hetero) is 1. The average molecular weight is 1230 g/mol. The van der Waals surface area contributed by atoms with Gasteiger partial charge in [-0.25, -0.2) is 31.8 Å². The molecule has 0 heterocycles. The molecular formula is C71H114N4O9S2. The molecule has 0 aromatic heterocycles. The maximum atomic E-state index is 13.0. The predicted molar refractivity (Wildman–Crippen MR) is 346 cm³/mol. The molecule has 8 aliphatic carbocycles. The Balaban J connectivity index is 0.000000192. The summed E-state index contributed by atoms with van der Waals surface area (Å²) in [5, 5.41) is 39.3. The number of hydrogen-bond donors (Lipinski definition) is 4. The minimum Gasteiger partial charge on any atom is -0.393 e. The van der Waals surface area contributed by atoms with Crippen molar-refractivity contribution in [1.29, 1.82) is 0 Å². The van der Waals surface area contributed by atoms with Crippen LogP contribution in [0.4, 0.5) is 11.4 Å². The van der Waals surface area contributed by atoms with Gasteiger partial charge in [-0.1, -0.05) is 100 Å². The number of sulfone groups is 1. The Morgan fingerprint density at radius 3 is 1.58 bits per heavy atom. The van der Waals surface area contributed by atoms with E-state index in [-0.39, 0.29) is 50.6 Å². The number of carbonyl (C=O) groups excluding carboxylic acids is 2. The summed E-state index contributed by atoms with van der Waals surface area (Å²) >= 11 is 0. The fourth-order valence-corrected chi connectivity index (χ4v) is 23.6. The topological polar surface area (TPSA) is 208 Å². The number of ketones is 1. The van der Waals surface area contributed by atoms with E-state index in [0.29, 0.717) is 101 Å². The van der Waals surface area contributed by atoms with Crippen molar-refractivity contribution >= 4 is 43.1 Å². The molecule has 0 amide bonds. The van der Waals surface area contributed by atoms with Crippen molar-refractivity contribution in [3.05, 3.63) is 48.5 Å². The molecule has 22 atom stereocenters. The normalized spacial score (nSPS) is 39.5. The Morgan fingerprint density at radius 2 is 1.09 bits per heavy atom. The zero-order chi connectivity index (χ0) is 63.1. The van der Waals surface area contributed by atoms with Gasteiger partial charge in [0.25, 0.3) is 0 Å². The molecule has 0 aliphatic heterocycles. The third-order valence-electron chi connectivity index (χ3n) is 26.2. The maximum absolute atomic E-state index is 13.0. The molecule has 0 radical (unpaired) electrons. The van der Waals surface area contributed by atoms with Crippen LogP contribution in [0.5, 0.6) is 0 Å². The number of fused-ring (bicyclic) bond motifs is 10. The van der Waals surface area contributed by atoms with Crippen LogP contribution in [0.3, 0.4) is 0 Å². The van der Waals surface area contributed by atoms with Gasteiger partial charge in [0.05, 0.1) is 34.6 Å². The molecule has 8 saturated carbocycles. The van der Waals surface area contributed by atoms with Gasteiger partial charge in [0.1, 0.15) is 11.5 Å². The average Bonchev–Trinajstić information content (AvgIpc) is 1.23. The van der Waals surface area contributed by atoms with E-state index in [9.17, 15) is 41.7 Å². The molecule has 2 aromatic carbocycles. The van der Waals surface area contributed by atoms with E-state index in [0.717, 1.165) is 68.7 Å². The van der Waals surface area contributed by atoms with Crippen molar-refractivity contribution in [1.82, 2.24) is 0 Å². The van der Waals surface area contributed by atoms with Crippen LogP contribution >= 0.6 is 0 Å². The van der Waals surface area contributed by atoms with E-state index >= 15 is 0 Å². The van der Waals surface area contributed by atoms with Crippen LogP contribution in [0.2, 0.25) is 0 Å². The molecule has 8 aliphatic rings. The summed E-state index contributed by atoms with van der Waals surface area (Å²) in [6.45, 7) is 22.5. The lowest BCUT2D eigenvalue weighted by Gasteiger charge is -2.65. The summed E-state index contributed by atoms with van der Waals surface area (Å²) < 4.78 is 47.9. The van der Waals surface area contributed by atoms with Crippen LogP contribution < -0.4 is 14.9 Å². The highest BCUT2D eigenvalue weighted by atomic mass is 32.2. The van der Waals surface area contributed by atoms with E-state index in [1.807, 2.05) is 50.1 Å². The number of rotatable bonds is 17. The first-order valence-corrected chi connectivity index (χ1v) is 37.0. The summed E-state index contributed by atoms with van der Waals surface area (Å²) in [6.07, 6.45) is 23.0. The zero-order valence-electron chi connectivity index (χ0n) is 55.1. The van der Waals surface area contributed by atoms with Crippen molar-refractivity contribution < 1.29 is 41.7 Å². The highest BCUT2D eigenvalue weighted by Gasteiger charge is 2.67. The maximum Gasteiger partial charge on any atom is 0.238 e. The second kappa shape index (κ2) is 27.3. The third-order valence-corrected chi connectivity index (χ3v) is 28.8. The third kappa shape index (κ3) is 13.6. The van der Waals surface area contributed by atoms with Crippen LogP contribution in [0.25, 0.3) is 0 Å². The summed E-state index contributed by atoms with van der Waals surface area (Å²) in [5.41, 5.74) is 2.80. The number of benzene rings is 2. The Kier molecular flexibility index (Phi) is 21.9. The van der Waals surface area contributed by atoms with Crippen LogP contribution in [-0.2, 0) is 29.4 Å². The number of aliphatic hydroxyl groups excluding tert-OH is 3. The number of isocyanates is 1. The van der Waals surface area contributed by atoms with E-state index in [4.69, 9.17) is 5.14 Å². The number of nitrogens with zero attached hydrogens (tertiary/aromatic N) is 3. The van der Waals surface area contributed by atoms with E-state index in [1.54, 1.807) is 30.3 Å². The quantitative estimate of drug-likeness (QED) is 0.0865. The first-order valence-electron chi connectivity index (χ1n) is 33.8. The number of nitrogens with two attached hydrogens (primary N) is 1. The Labute approximate surface area is 520 Å². The number of aliphatic imine (C=N–C) groups is 1. The van der Waals surface area contributed by atoms with Gasteiger partial charge in [0, 0.05) is 46.0 Å². The monoisotopic (exact) mass is 1230 g/mol. The van der Waals surface area contributed by atoms with Gasteiger partial charge in [-0.2, -0.15) is 0 Å². The first-order chi connectivity index (χ1) is 40.4. The second-order valence-corrected chi connectivity index (χ2v) is 34.5. The lowest BCUT2D eigenvalue weighted by atomic mass is 9.41. The highest BCUT2D eigenvalue weighted by molar-refractivity contribution is 7.92. The van der Waals surface area contributed by atoms with Crippen LogP contribution in [0.15, 0.2) is 63.3 Å². The minimum atomic E-state index is -3.66. The summed E-state index contributed by atoms with van der Waals surface area (Å²) in [6, 6.07) is 13.3. The summed E-state index contributed by atoms with van der Waals surface area (Å²) in [4.78, 5) is 31.2. The molecule has 13 nitrogen and oxygen atoms in total. The van der Waals surface area contributed by atoms with E-state index in [2.05, 4.69) is 67.3 Å². The van der Waals surface area contributed by atoms with E-state index < -0.39 is 25.6 Å². The summed E-state index contributed by atoms with van der Waals surface area (Å²) in [5.74, 6) is 7.67. The first kappa shape index (κ1) is 68.7. The van der Waals surface area contributed by atoms with E-state index in [1.165, 1.54) is 82.8 Å². The molecule has 0 bridgehead atoms. The molecule has 484 valence electrons. The van der Waals surface area contributed by atoms with Gasteiger partial charge in [-0.05, 0) is 243 Å². The molecule has 0 spiro atoms. The van der Waals surface area contributed by atoms with Gasteiger partial charge < -0.3 is 25.1 Å². The number of anilines is 2. The fourth-order valence-electron chi connectivity index (χ4n) is 21.7. The van der Waals surface area contributed by atoms with Crippen molar-refractivity contribution in [2.45, 2.75) is 219 Å². The smallest absolute Gasteiger partial charge is 0.238 e. The van der Waals surface area contributed by atoms with Crippen molar-refractivity contribution in [3.63, 3.8) is 0 Å². The van der Waals surface area contributed by atoms with Gasteiger partial charge >= 0.3 is 0 Å². The molecule has 10 rings (SSSR count). The van der Waals surface area contributed by atoms with Crippen LogP contribution in [0, 0.1) is 110 Å². The molecule has 15 heteroatoms.